The molecule has 2 heterocycles. The molecule has 1 aromatic carbocycles. The Morgan fingerprint density at radius 2 is 1.95 bits per heavy atom. The van der Waals surface area contributed by atoms with Crippen LogP contribution in [0.25, 0.3) is 0 Å². The molecule has 40 heavy (non-hydrogen) atoms. The number of aliphatic hydroxyl groups is 1. The molecule has 2 aliphatic heterocycles. The maximum atomic E-state index is 14.4. The molecule has 0 unspecified atom stereocenters. The maximum absolute atomic E-state index is 14.4. The molecular weight excluding hydrogens is 502 g/mol. The highest BCUT2D eigenvalue weighted by Crippen LogP contribution is 2.66. The minimum atomic E-state index is -0.162. The summed E-state index contributed by atoms with van der Waals surface area (Å²) in [6.07, 6.45) is 12.5. The van der Waals surface area contributed by atoms with Crippen molar-refractivity contribution in [2.45, 2.75) is 90.2 Å². The van der Waals surface area contributed by atoms with Gasteiger partial charge >= 0.3 is 0 Å². The number of likely N-dealkylation sites (N-methyl/N-ethyl adjacent to an activating group) is 1. The van der Waals surface area contributed by atoms with Crippen molar-refractivity contribution in [2.75, 3.05) is 34.5 Å². The predicted octanol–water partition coefficient (Wildman–Crippen LogP) is 6.00. The summed E-state index contributed by atoms with van der Waals surface area (Å²) in [4.78, 5) is 14.4. The summed E-state index contributed by atoms with van der Waals surface area (Å²) in [6, 6.07) is 2.17. The number of Topliss-reactive ketones (excluding diaryl/α,β-unsaturated/α-hetero) is 1. The molecule has 7 rings (SSSR count). The van der Waals surface area contributed by atoms with Crippen LogP contribution in [0.4, 0.5) is 0 Å². The number of methoxy groups -OCH3 is 1. The zero-order chi connectivity index (χ0) is 28.0. The largest absolute Gasteiger partial charge is 0.492 e. The van der Waals surface area contributed by atoms with Crippen LogP contribution in [0.3, 0.4) is 0 Å². The lowest BCUT2D eigenvalue weighted by Crippen LogP contribution is -2.52. The summed E-state index contributed by atoms with van der Waals surface area (Å²) in [6.45, 7) is 6.16. The maximum Gasteiger partial charge on any atom is 0.231 e. The highest BCUT2D eigenvalue weighted by Gasteiger charge is 2.60. The van der Waals surface area contributed by atoms with Gasteiger partial charge in [0.25, 0.3) is 0 Å². The third-order valence-corrected chi connectivity index (χ3v) is 12.9. The van der Waals surface area contributed by atoms with Gasteiger partial charge < -0.3 is 23.8 Å². The fourth-order valence-electron chi connectivity index (χ4n) is 10.6. The van der Waals surface area contributed by atoms with Gasteiger partial charge in [0.2, 0.25) is 12.5 Å². The van der Waals surface area contributed by atoms with Gasteiger partial charge in [-0.15, -0.1) is 0 Å². The summed E-state index contributed by atoms with van der Waals surface area (Å²) in [5.41, 5.74) is 4.23. The van der Waals surface area contributed by atoms with Crippen LogP contribution in [0.15, 0.2) is 17.7 Å². The van der Waals surface area contributed by atoms with Gasteiger partial charge in [-0.2, -0.15) is 0 Å². The minimum Gasteiger partial charge on any atom is -0.492 e. The number of benzene rings is 1. The number of carbonyl (C=O) groups is 1. The smallest absolute Gasteiger partial charge is 0.231 e. The van der Waals surface area contributed by atoms with Gasteiger partial charge in [0.1, 0.15) is 11.8 Å². The van der Waals surface area contributed by atoms with Gasteiger partial charge in [-0.3, -0.25) is 4.79 Å². The van der Waals surface area contributed by atoms with Crippen LogP contribution in [0, 0.1) is 34.5 Å². The Bertz CT molecular complexity index is 1250. The van der Waals surface area contributed by atoms with E-state index >= 15 is 0 Å². The molecule has 6 nitrogen and oxygen atoms in total. The zero-order valence-electron chi connectivity index (χ0n) is 25.1. The van der Waals surface area contributed by atoms with Crippen molar-refractivity contribution >= 4 is 5.78 Å². The quantitative estimate of drug-likeness (QED) is 0.368. The summed E-state index contributed by atoms with van der Waals surface area (Å²) in [5.74, 6) is 4.79. The lowest BCUT2D eigenvalue weighted by molar-refractivity contribution is -0.922. The lowest BCUT2D eigenvalue weighted by atomic mass is 9.47. The molecule has 0 amide bonds. The van der Waals surface area contributed by atoms with E-state index in [-0.39, 0.29) is 35.7 Å². The van der Waals surface area contributed by atoms with Crippen LogP contribution in [-0.4, -0.2) is 56.0 Å². The van der Waals surface area contributed by atoms with Crippen molar-refractivity contribution < 1.29 is 28.6 Å². The first-order chi connectivity index (χ1) is 19.1. The monoisotopic (exact) mass is 550 g/mol. The van der Waals surface area contributed by atoms with Crippen LogP contribution in [0.2, 0.25) is 0 Å². The van der Waals surface area contributed by atoms with E-state index in [9.17, 15) is 9.90 Å². The molecule has 0 bridgehead atoms. The van der Waals surface area contributed by atoms with Gasteiger partial charge in [-0.1, -0.05) is 25.5 Å². The molecular formula is C34H48NO5+. The Morgan fingerprint density at radius 1 is 1.12 bits per heavy atom. The van der Waals surface area contributed by atoms with Crippen molar-refractivity contribution in [3.8, 4) is 17.2 Å². The molecule has 4 aliphatic carbocycles. The van der Waals surface area contributed by atoms with E-state index in [2.05, 4.69) is 40.1 Å². The Kier molecular flexibility index (Phi) is 6.19. The number of allylic oxidation sites excluding steroid dienone is 1. The third kappa shape index (κ3) is 3.77. The second kappa shape index (κ2) is 9.22. The van der Waals surface area contributed by atoms with Crippen molar-refractivity contribution in [1.29, 1.82) is 0 Å². The van der Waals surface area contributed by atoms with Gasteiger partial charge in [0.05, 0.1) is 45.8 Å². The van der Waals surface area contributed by atoms with Crippen molar-refractivity contribution in [3.05, 3.63) is 28.8 Å². The molecule has 0 aromatic heterocycles. The van der Waals surface area contributed by atoms with Crippen LogP contribution >= 0.6 is 0 Å². The van der Waals surface area contributed by atoms with E-state index < -0.39 is 0 Å². The fourth-order valence-corrected chi connectivity index (χ4v) is 10.6. The SMILES string of the molecule is COc1c2c(cc3c1[C@H](CC(=O)[C@@H]1CC[C@@H]4[C@@H]5CC=C6C[C@H](O)CC[C@]6(C)[C@H]5CC[C@@]41C)[N+](C)(C)CC3)OCO2. The van der Waals surface area contributed by atoms with Crippen LogP contribution in [-0.2, 0) is 11.2 Å². The second-order valence-corrected chi connectivity index (χ2v) is 15.0. The van der Waals surface area contributed by atoms with Crippen molar-refractivity contribution in [3.63, 3.8) is 0 Å². The Balaban J connectivity index is 1.16. The summed E-state index contributed by atoms with van der Waals surface area (Å²) in [7, 11) is 6.25. The first kappa shape index (κ1) is 26.8. The van der Waals surface area contributed by atoms with E-state index in [0.29, 0.717) is 35.7 Å². The number of aliphatic hydroxyl groups excluding tert-OH is 1. The van der Waals surface area contributed by atoms with Crippen LogP contribution in [0.5, 0.6) is 17.2 Å². The number of quaternary nitrogens is 1. The van der Waals surface area contributed by atoms with Crippen LogP contribution < -0.4 is 14.2 Å². The normalized spacial score (nSPS) is 40.8. The van der Waals surface area contributed by atoms with Crippen LogP contribution in [0.1, 0.15) is 88.8 Å². The second-order valence-electron chi connectivity index (χ2n) is 15.0. The standard InChI is InChI=1S/C34H48NO5/c1-33-13-10-22(36)17-21(33)6-7-23-24-8-9-26(34(24,2)14-11-25(23)33)28(37)18-27-30-20(12-15-35(27,3)4)16-29-31(32(30)38-5)40-19-39-29/h6,16,22-27,36H,7-15,17-19H2,1-5H3/q+1/t22-,23+,24-,25+,26+,27+,33+,34+/m1/s1. The number of fused-ring (bicyclic) bond motifs is 7. The number of ether oxygens (including phenoxy) is 3. The third-order valence-electron chi connectivity index (χ3n) is 12.9. The van der Waals surface area contributed by atoms with E-state index in [1.54, 1.807) is 7.11 Å². The molecule has 0 spiro atoms. The van der Waals surface area contributed by atoms with Crippen molar-refractivity contribution in [1.82, 2.24) is 0 Å². The molecule has 0 radical (unpaired) electrons. The average Bonchev–Trinajstić information content (AvgIpc) is 3.53. The Labute approximate surface area is 239 Å². The summed E-state index contributed by atoms with van der Waals surface area (Å²) in [5, 5.41) is 10.4. The van der Waals surface area contributed by atoms with E-state index in [1.165, 1.54) is 24.0 Å². The fraction of sp³-hybridized carbons (Fsp3) is 0.735. The summed E-state index contributed by atoms with van der Waals surface area (Å²) >= 11 is 0. The molecule has 3 fully saturated rings. The molecule has 8 atom stereocenters. The molecule has 0 saturated heterocycles. The molecule has 1 N–H and O–H groups in total. The number of ketones is 1. The van der Waals surface area contributed by atoms with E-state index in [4.69, 9.17) is 14.2 Å². The molecule has 218 valence electrons. The van der Waals surface area contributed by atoms with Gasteiger partial charge in [-0.25, -0.2) is 0 Å². The lowest BCUT2D eigenvalue weighted by Gasteiger charge is -2.58. The number of rotatable bonds is 4. The molecule has 6 aliphatic rings. The zero-order valence-corrected chi connectivity index (χ0v) is 25.1. The first-order valence-electron chi connectivity index (χ1n) is 15.8. The van der Waals surface area contributed by atoms with E-state index in [0.717, 1.165) is 73.0 Å². The topological polar surface area (TPSA) is 65.0 Å². The minimum absolute atomic E-state index is 0.0486. The van der Waals surface area contributed by atoms with Crippen molar-refractivity contribution in [2.24, 2.45) is 34.5 Å². The predicted molar refractivity (Wildman–Crippen MR) is 153 cm³/mol. The Hall–Kier alpha value is -2.05. The Morgan fingerprint density at radius 3 is 2.75 bits per heavy atom. The van der Waals surface area contributed by atoms with E-state index in [1.807, 2.05) is 0 Å². The average molecular weight is 551 g/mol. The molecule has 1 aromatic rings. The van der Waals surface area contributed by atoms with Gasteiger partial charge in [-0.05, 0) is 91.6 Å². The van der Waals surface area contributed by atoms with Gasteiger partial charge in [0.15, 0.2) is 11.5 Å². The number of hydrogen-bond acceptors (Lipinski definition) is 5. The summed E-state index contributed by atoms with van der Waals surface area (Å²) < 4.78 is 18.3. The number of nitrogens with zero attached hydrogens (tertiary/aromatic N) is 1. The molecule has 3 saturated carbocycles. The van der Waals surface area contributed by atoms with Gasteiger partial charge in [0, 0.05) is 12.3 Å². The highest BCUT2D eigenvalue weighted by atomic mass is 16.7. The number of hydrogen-bond donors (Lipinski definition) is 1. The molecule has 6 heteroatoms. The number of carbonyl (C=O) groups excluding carboxylic acids is 1. The first-order valence-corrected chi connectivity index (χ1v) is 15.8. The highest BCUT2D eigenvalue weighted by molar-refractivity contribution is 5.83.